The highest BCUT2D eigenvalue weighted by atomic mass is 16.5. The summed E-state index contributed by atoms with van der Waals surface area (Å²) in [5.41, 5.74) is 2.67. The number of esters is 2. The highest BCUT2D eigenvalue weighted by Crippen LogP contribution is 2.70. The molecule has 0 aromatic heterocycles. The minimum Gasteiger partial charge on any atom is -0.462 e. The maximum Gasteiger partial charge on any atom is 0.306 e. The monoisotopic (exact) mass is 825 g/mol. The summed E-state index contributed by atoms with van der Waals surface area (Å²) in [6, 6.07) is 10.0. The van der Waals surface area contributed by atoms with Gasteiger partial charge in [-0.3, -0.25) is 9.59 Å². The molecule has 8 aliphatic carbocycles. The number of carbonyl (C=O) groups excluding carboxylic acids is 2. The molecule has 1 aromatic carbocycles. The van der Waals surface area contributed by atoms with Gasteiger partial charge in [0.2, 0.25) is 0 Å². The average molecular weight is 825 g/mol. The van der Waals surface area contributed by atoms with Crippen LogP contribution in [0.4, 0.5) is 0 Å². The second-order valence-electron chi connectivity index (χ2n) is 24.3. The molecule has 18 atom stereocenters. The van der Waals surface area contributed by atoms with Crippen LogP contribution >= 0.6 is 0 Å². The number of carbonyl (C=O) groups is 2. The van der Waals surface area contributed by atoms with Gasteiger partial charge >= 0.3 is 11.9 Å². The van der Waals surface area contributed by atoms with Gasteiger partial charge in [-0.15, -0.1) is 0 Å². The lowest BCUT2D eigenvalue weighted by Crippen LogP contribution is -2.54. The largest absolute Gasteiger partial charge is 0.462 e. The third-order valence-corrected chi connectivity index (χ3v) is 21.9. The van der Waals surface area contributed by atoms with Crippen LogP contribution in [0.25, 0.3) is 0 Å². The highest BCUT2D eigenvalue weighted by Gasteiger charge is 2.62. The van der Waals surface area contributed by atoms with Gasteiger partial charge in [0.15, 0.2) is 0 Å². The van der Waals surface area contributed by atoms with Gasteiger partial charge in [0, 0.05) is 12.8 Å². The summed E-state index contributed by atoms with van der Waals surface area (Å²) >= 11 is 0. The van der Waals surface area contributed by atoms with Crippen LogP contribution < -0.4 is 0 Å². The average Bonchev–Trinajstić information content (AvgIpc) is 3.79. The van der Waals surface area contributed by atoms with Crippen LogP contribution in [-0.2, 0) is 25.7 Å². The summed E-state index contributed by atoms with van der Waals surface area (Å²) in [7, 11) is 0. The van der Waals surface area contributed by atoms with Gasteiger partial charge in [-0.25, -0.2) is 0 Å². The van der Waals surface area contributed by atoms with Crippen molar-refractivity contribution in [2.75, 3.05) is 0 Å². The van der Waals surface area contributed by atoms with Crippen LogP contribution in [0.3, 0.4) is 0 Å². The lowest BCUT2D eigenvalue weighted by Gasteiger charge is -2.61. The first-order valence-electron chi connectivity index (χ1n) is 25.8. The predicted octanol–water partition coefficient (Wildman–Crippen LogP) is 13.2. The summed E-state index contributed by atoms with van der Waals surface area (Å²) in [5.74, 6) is 8.94. The van der Waals surface area contributed by atoms with Gasteiger partial charge < -0.3 is 14.6 Å². The van der Waals surface area contributed by atoms with E-state index in [-0.39, 0.29) is 24.1 Å². The Bertz CT molecular complexity index is 1680. The third-order valence-electron chi connectivity index (χ3n) is 21.9. The first-order valence-corrected chi connectivity index (χ1v) is 25.8. The fourth-order valence-electron chi connectivity index (χ4n) is 18.7. The summed E-state index contributed by atoms with van der Waals surface area (Å²) in [4.78, 5) is 26.3. The van der Waals surface area contributed by atoms with Crippen LogP contribution in [0.2, 0.25) is 0 Å². The van der Waals surface area contributed by atoms with Crippen LogP contribution in [0.15, 0.2) is 30.3 Å². The van der Waals surface area contributed by atoms with Crippen LogP contribution in [0.1, 0.15) is 188 Å². The number of aliphatic hydroxyl groups excluding tert-OH is 1. The van der Waals surface area contributed by atoms with Crippen molar-refractivity contribution in [2.45, 2.75) is 202 Å². The molecule has 8 fully saturated rings. The van der Waals surface area contributed by atoms with E-state index in [1.807, 2.05) is 30.3 Å². The molecule has 9 rings (SSSR count). The van der Waals surface area contributed by atoms with E-state index in [0.717, 1.165) is 91.4 Å². The molecule has 0 bridgehead atoms. The van der Waals surface area contributed by atoms with Crippen molar-refractivity contribution in [3.63, 3.8) is 0 Å². The van der Waals surface area contributed by atoms with Crippen molar-refractivity contribution in [3.05, 3.63) is 35.9 Å². The second-order valence-corrected chi connectivity index (χ2v) is 24.3. The van der Waals surface area contributed by atoms with Gasteiger partial charge in [-0.1, -0.05) is 71.9 Å². The normalized spacial score (nSPS) is 46.6. The molecule has 0 radical (unpaired) electrons. The summed E-state index contributed by atoms with van der Waals surface area (Å²) in [5, 5.41) is 10.5. The molecule has 0 aliphatic heterocycles. The van der Waals surface area contributed by atoms with Crippen LogP contribution in [0.5, 0.6) is 0 Å². The maximum atomic E-state index is 13.6. The van der Waals surface area contributed by atoms with Gasteiger partial charge in [0.25, 0.3) is 0 Å². The fourth-order valence-corrected chi connectivity index (χ4v) is 18.7. The number of hydrogen-bond acceptors (Lipinski definition) is 5. The number of aliphatic hydroxyl groups is 1. The smallest absolute Gasteiger partial charge is 0.306 e. The highest BCUT2D eigenvalue weighted by molar-refractivity contribution is 5.69. The Morgan fingerprint density at radius 2 is 1.10 bits per heavy atom. The number of fused-ring (bicyclic) bond motifs is 10. The Hall–Kier alpha value is -1.88. The van der Waals surface area contributed by atoms with Gasteiger partial charge in [-0.05, 0) is 227 Å². The first kappa shape index (κ1) is 43.4. The molecule has 0 spiro atoms. The molecule has 334 valence electrons. The zero-order chi connectivity index (χ0) is 42.0. The van der Waals surface area contributed by atoms with E-state index in [9.17, 15) is 14.7 Å². The van der Waals surface area contributed by atoms with E-state index in [4.69, 9.17) is 9.47 Å². The van der Waals surface area contributed by atoms with Crippen molar-refractivity contribution in [1.82, 2.24) is 0 Å². The molecule has 0 unspecified atom stereocenters. The Labute approximate surface area is 365 Å². The molecule has 5 nitrogen and oxygen atoms in total. The molecule has 1 aromatic rings. The second kappa shape index (κ2) is 16.9. The predicted molar refractivity (Wildman–Crippen MR) is 239 cm³/mol. The Morgan fingerprint density at radius 3 is 1.68 bits per heavy atom. The lowest BCUT2D eigenvalue weighted by molar-refractivity contribution is -0.163. The topological polar surface area (TPSA) is 72.8 Å². The van der Waals surface area contributed by atoms with E-state index < -0.39 is 0 Å². The number of hydrogen-bond donors (Lipinski definition) is 1. The van der Waals surface area contributed by atoms with E-state index in [1.54, 1.807) is 0 Å². The fraction of sp³-hybridized carbons (Fsp3) is 0.855. The van der Waals surface area contributed by atoms with Gasteiger partial charge in [0.1, 0.15) is 12.7 Å². The summed E-state index contributed by atoms with van der Waals surface area (Å²) in [6.45, 7) is 15.8. The molecule has 0 heterocycles. The van der Waals surface area contributed by atoms with Crippen molar-refractivity contribution in [3.8, 4) is 0 Å². The maximum absolute atomic E-state index is 13.6. The summed E-state index contributed by atoms with van der Waals surface area (Å²) in [6.07, 6.45) is 25.9. The van der Waals surface area contributed by atoms with Crippen molar-refractivity contribution in [2.24, 2.45) is 92.7 Å². The quantitative estimate of drug-likeness (QED) is 0.225. The molecule has 8 saturated carbocycles. The molecular formula is C55H84O5. The number of rotatable bonds is 11. The molecular weight excluding hydrogens is 741 g/mol. The lowest BCUT2D eigenvalue weighted by atomic mass is 9.44. The minimum atomic E-state index is -0.0662. The molecule has 0 amide bonds. The molecule has 0 saturated heterocycles. The standard InChI is InChI=1S/C55H84O5/c1-35(12-22-50(57)59-34-37-10-8-7-9-11-37)44-18-20-47-43-17-15-39-33-41(25-29-53(39,4)49(43)27-31-54(44,47)5)60-51(58)23-13-36(2)45-19-21-46-42-16-14-38-32-40(56)24-28-52(38,3)48(42)26-30-55(45,46)6/h7-11,35-36,38-49,56H,12-34H2,1-6H3/t35-,36-,38-,39-,40-,41-,42+,43+,44-,45-,46+,47+,48+,49+,52+,53+,54-,55-/m1/s1. The van der Waals surface area contributed by atoms with Crippen molar-refractivity contribution in [1.29, 1.82) is 0 Å². The van der Waals surface area contributed by atoms with Crippen LogP contribution in [-0.4, -0.2) is 29.3 Å². The Balaban J connectivity index is 0.735. The SMILES string of the molecule is C[C@H](CCC(=O)O[C@@H]1CC[C@@]2(C)[C@H](CC[C@@H]3[C@@H]2CC[C@]2(C)[C@@H]([C@H](C)CCC(=O)OCc4ccccc4)CC[C@@H]32)C1)[C@H]1CC[C@H]2[C@@H]3CC[C@@H]4C[C@H](O)CC[C@]4(C)[C@H]3CC[C@]12C. The van der Waals surface area contributed by atoms with Crippen molar-refractivity contribution < 1.29 is 24.2 Å². The number of ether oxygens (including phenoxy) is 2. The first-order chi connectivity index (χ1) is 28.7. The van der Waals surface area contributed by atoms with E-state index in [0.29, 0.717) is 64.8 Å². The molecule has 8 aliphatic rings. The zero-order valence-corrected chi connectivity index (χ0v) is 38.8. The van der Waals surface area contributed by atoms with Gasteiger partial charge in [-0.2, -0.15) is 0 Å². The van der Waals surface area contributed by atoms with Gasteiger partial charge in [0.05, 0.1) is 6.10 Å². The summed E-state index contributed by atoms with van der Waals surface area (Å²) < 4.78 is 12.1. The van der Waals surface area contributed by atoms with E-state index >= 15 is 0 Å². The molecule has 1 N–H and O–H groups in total. The minimum absolute atomic E-state index is 0.0560. The Morgan fingerprint density at radius 1 is 0.600 bits per heavy atom. The molecule has 5 heteroatoms. The van der Waals surface area contributed by atoms with E-state index in [1.165, 1.54) is 89.9 Å². The zero-order valence-electron chi connectivity index (χ0n) is 38.8. The van der Waals surface area contributed by atoms with Crippen molar-refractivity contribution >= 4 is 11.9 Å². The third kappa shape index (κ3) is 7.67. The van der Waals surface area contributed by atoms with E-state index in [2.05, 4.69) is 41.5 Å². The van der Waals surface area contributed by atoms with Crippen LogP contribution in [0, 0.1) is 92.7 Å². The number of benzene rings is 1. The Kier molecular flexibility index (Phi) is 12.2. The molecule has 60 heavy (non-hydrogen) atoms.